The maximum Gasteiger partial charge on any atom is 0.306 e. The standard InChI is InChI=1S/C61H103NO10/c1-4-7-10-13-16-19-22-24-25-26-27-28-29-31-34-37-40-43-46-49-56(66)72-59-58(68)57(67)55(50-63)71-61(59)70-51-52(53(64)47-44-41-38-35-32-21-18-15-12-9-6-3)62-60(69)54(65)48-45-42-39-36-33-30-23-20-17-14-11-8-5-2/h7-8,10-11,16-17,19-20,24-25,27-28,31,34,44,47,52-55,57-59,61,63-65,67-68H,4-6,9,12-15,18,21-23,26,29-30,32-33,35-43,45-46,48-51H2,1-3H3,(H,62,69)/b10-7-,11-8+,19-16-,20-17+,25-24-,28-27-,34-31-,47-44+. The van der Waals surface area contributed by atoms with Crippen LogP contribution in [0, 0.1) is 0 Å². The second-order valence-electron chi connectivity index (χ2n) is 19.3. The SMILES string of the molecule is CC/C=C\C/C=C\C/C=C\C/C=C\C/C=C\CCCCCC(=O)OC1C(OCC(NC(=O)C(O)CCCCCCCC/C=C/C/C=C/CC)C(O)/C=C/CCCCCCCCCCC)OC(CO)C(O)C1O. The first-order chi connectivity index (χ1) is 35.2. The molecule has 1 aliphatic rings. The van der Waals surface area contributed by atoms with Gasteiger partial charge in [0.25, 0.3) is 0 Å². The van der Waals surface area contributed by atoms with Gasteiger partial charge in [-0.1, -0.05) is 208 Å². The van der Waals surface area contributed by atoms with Gasteiger partial charge in [-0.3, -0.25) is 9.59 Å². The van der Waals surface area contributed by atoms with Crippen LogP contribution < -0.4 is 5.32 Å². The van der Waals surface area contributed by atoms with E-state index in [1.165, 1.54) is 38.5 Å². The molecule has 6 N–H and O–H groups in total. The molecule has 0 radical (unpaired) electrons. The highest BCUT2D eigenvalue weighted by atomic mass is 16.7. The smallest absolute Gasteiger partial charge is 0.306 e. The van der Waals surface area contributed by atoms with Crippen molar-refractivity contribution in [3.8, 4) is 0 Å². The van der Waals surface area contributed by atoms with E-state index in [0.29, 0.717) is 12.8 Å². The molecule has 0 bridgehead atoms. The molecule has 1 heterocycles. The van der Waals surface area contributed by atoms with Gasteiger partial charge in [0.05, 0.1) is 25.4 Å². The largest absolute Gasteiger partial charge is 0.454 e. The van der Waals surface area contributed by atoms with Crippen LogP contribution in [0.5, 0.6) is 0 Å². The summed E-state index contributed by atoms with van der Waals surface area (Å²) in [5.74, 6) is -1.25. The molecule has 8 atom stereocenters. The van der Waals surface area contributed by atoms with Crippen molar-refractivity contribution in [1.29, 1.82) is 0 Å². The fraction of sp³-hybridized carbons (Fsp3) is 0.705. The molecule has 0 aromatic heterocycles. The van der Waals surface area contributed by atoms with E-state index in [1.54, 1.807) is 6.08 Å². The topological polar surface area (TPSA) is 175 Å². The predicted octanol–water partition coefficient (Wildman–Crippen LogP) is 12.8. The summed E-state index contributed by atoms with van der Waals surface area (Å²) in [6.07, 6.45) is 53.1. The van der Waals surface area contributed by atoms with Crippen LogP contribution in [0.15, 0.2) is 97.2 Å². The van der Waals surface area contributed by atoms with E-state index in [-0.39, 0.29) is 19.4 Å². The number of aliphatic hydroxyl groups excluding tert-OH is 5. The van der Waals surface area contributed by atoms with Crippen LogP contribution in [0.1, 0.15) is 213 Å². The molecule has 8 unspecified atom stereocenters. The van der Waals surface area contributed by atoms with E-state index in [2.05, 4.69) is 111 Å². The van der Waals surface area contributed by atoms with Crippen molar-refractivity contribution in [1.82, 2.24) is 5.32 Å². The monoisotopic (exact) mass is 1010 g/mol. The summed E-state index contributed by atoms with van der Waals surface area (Å²) in [6.45, 7) is 5.51. The van der Waals surface area contributed by atoms with Crippen LogP contribution in [0.25, 0.3) is 0 Å². The Morgan fingerprint density at radius 2 is 1.00 bits per heavy atom. The Labute approximate surface area is 437 Å². The van der Waals surface area contributed by atoms with Crippen molar-refractivity contribution in [3.63, 3.8) is 0 Å². The van der Waals surface area contributed by atoms with E-state index in [0.717, 1.165) is 128 Å². The van der Waals surface area contributed by atoms with Gasteiger partial charge in [0.2, 0.25) is 5.91 Å². The minimum atomic E-state index is -1.63. The first-order valence-electron chi connectivity index (χ1n) is 28.5. The minimum Gasteiger partial charge on any atom is -0.454 e. The molecule has 1 saturated heterocycles. The molecule has 0 aromatic rings. The molecule has 0 aromatic carbocycles. The number of unbranched alkanes of at least 4 members (excludes halogenated alkanes) is 18. The molecule has 11 nitrogen and oxygen atoms in total. The van der Waals surface area contributed by atoms with Gasteiger partial charge in [-0.2, -0.15) is 0 Å². The Kier molecular flexibility index (Phi) is 44.9. The maximum atomic E-state index is 13.3. The predicted molar refractivity (Wildman–Crippen MR) is 296 cm³/mol. The number of carbonyl (C=O) groups is 2. The highest BCUT2D eigenvalue weighted by Gasteiger charge is 2.47. The average Bonchev–Trinajstić information content (AvgIpc) is 3.38. The third-order valence-electron chi connectivity index (χ3n) is 12.7. The lowest BCUT2D eigenvalue weighted by molar-refractivity contribution is -0.305. The molecule has 1 fully saturated rings. The number of nitrogens with one attached hydrogen (secondary N) is 1. The van der Waals surface area contributed by atoms with Crippen LogP contribution >= 0.6 is 0 Å². The van der Waals surface area contributed by atoms with Crippen molar-refractivity contribution < 1.29 is 49.3 Å². The molecule has 72 heavy (non-hydrogen) atoms. The van der Waals surface area contributed by atoms with Gasteiger partial charge < -0.3 is 45.1 Å². The Hall–Kier alpha value is -3.42. The number of ether oxygens (including phenoxy) is 3. The van der Waals surface area contributed by atoms with Crippen molar-refractivity contribution >= 4 is 11.9 Å². The van der Waals surface area contributed by atoms with E-state index >= 15 is 0 Å². The quantitative estimate of drug-likeness (QED) is 0.0196. The minimum absolute atomic E-state index is 0.0786. The second-order valence-corrected chi connectivity index (χ2v) is 19.3. The van der Waals surface area contributed by atoms with Crippen LogP contribution in [0.2, 0.25) is 0 Å². The molecule has 412 valence electrons. The summed E-state index contributed by atoms with van der Waals surface area (Å²) in [7, 11) is 0. The first kappa shape index (κ1) is 66.6. The first-order valence-corrected chi connectivity index (χ1v) is 28.5. The Bertz CT molecular complexity index is 1530. The number of hydrogen-bond acceptors (Lipinski definition) is 10. The lowest BCUT2D eigenvalue weighted by Gasteiger charge is -2.41. The van der Waals surface area contributed by atoms with E-state index < -0.39 is 67.4 Å². The normalized spacial score (nSPS) is 20.2. The number of aliphatic hydroxyl groups is 5. The number of esters is 1. The van der Waals surface area contributed by atoms with Crippen molar-refractivity contribution in [2.75, 3.05) is 13.2 Å². The van der Waals surface area contributed by atoms with Crippen LogP contribution in [-0.4, -0.2) is 99.6 Å². The number of hydrogen-bond donors (Lipinski definition) is 6. The van der Waals surface area contributed by atoms with Crippen LogP contribution in [0.4, 0.5) is 0 Å². The third kappa shape index (κ3) is 36.5. The molecule has 1 rings (SSSR count). The zero-order valence-electron chi connectivity index (χ0n) is 45.3. The van der Waals surface area contributed by atoms with Gasteiger partial charge in [-0.15, -0.1) is 0 Å². The Morgan fingerprint density at radius 3 is 1.50 bits per heavy atom. The summed E-state index contributed by atoms with van der Waals surface area (Å²) in [6, 6.07) is -1.04. The van der Waals surface area contributed by atoms with E-state index in [4.69, 9.17) is 14.2 Å². The van der Waals surface area contributed by atoms with Crippen molar-refractivity contribution in [2.24, 2.45) is 0 Å². The molecule has 1 amide bonds. The zero-order chi connectivity index (χ0) is 52.5. The maximum absolute atomic E-state index is 13.3. The molecule has 0 saturated carbocycles. The molecule has 0 spiro atoms. The number of carbonyl (C=O) groups excluding carboxylic acids is 2. The summed E-state index contributed by atoms with van der Waals surface area (Å²) < 4.78 is 17.5. The zero-order valence-corrected chi connectivity index (χ0v) is 45.3. The van der Waals surface area contributed by atoms with Crippen molar-refractivity contribution in [2.45, 2.75) is 262 Å². The number of amides is 1. The molecule has 1 aliphatic heterocycles. The van der Waals surface area contributed by atoms with Crippen molar-refractivity contribution in [3.05, 3.63) is 97.2 Å². The van der Waals surface area contributed by atoms with Gasteiger partial charge in [0.1, 0.15) is 24.4 Å². The highest BCUT2D eigenvalue weighted by Crippen LogP contribution is 2.26. The fourth-order valence-corrected chi connectivity index (χ4v) is 8.24. The lowest BCUT2D eigenvalue weighted by atomic mass is 9.99. The van der Waals surface area contributed by atoms with Gasteiger partial charge >= 0.3 is 5.97 Å². The van der Waals surface area contributed by atoms with Gasteiger partial charge in [0, 0.05) is 6.42 Å². The van der Waals surface area contributed by atoms with E-state index in [1.807, 2.05) is 6.08 Å². The summed E-state index contributed by atoms with van der Waals surface area (Å²) in [4.78, 5) is 26.4. The van der Waals surface area contributed by atoms with E-state index in [9.17, 15) is 35.1 Å². The average molecular weight is 1010 g/mol. The molecule has 0 aliphatic carbocycles. The fourth-order valence-electron chi connectivity index (χ4n) is 8.24. The number of allylic oxidation sites excluding steroid dienone is 15. The lowest BCUT2D eigenvalue weighted by Crippen LogP contribution is -2.61. The number of rotatable bonds is 46. The Morgan fingerprint density at radius 1 is 0.556 bits per heavy atom. The summed E-state index contributed by atoms with van der Waals surface area (Å²) in [5, 5.41) is 56.7. The second kappa shape index (κ2) is 48.5. The van der Waals surface area contributed by atoms with Gasteiger partial charge in [-0.25, -0.2) is 0 Å². The van der Waals surface area contributed by atoms with Gasteiger partial charge in [0.15, 0.2) is 12.4 Å². The summed E-state index contributed by atoms with van der Waals surface area (Å²) in [5.41, 5.74) is 0. The Balaban J connectivity index is 2.74. The summed E-state index contributed by atoms with van der Waals surface area (Å²) >= 11 is 0. The molecular formula is C61H103NO10. The third-order valence-corrected chi connectivity index (χ3v) is 12.7. The van der Waals surface area contributed by atoms with Crippen LogP contribution in [-0.2, 0) is 23.8 Å². The molecule has 11 heteroatoms. The highest BCUT2D eigenvalue weighted by molar-refractivity contribution is 5.80. The molecular weight excluding hydrogens is 907 g/mol. The van der Waals surface area contributed by atoms with Gasteiger partial charge in [-0.05, 0) is 96.3 Å². The van der Waals surface area contributed by atoms with Crippen LogP contribution in [0.3, 0.4) is 0 Å².